The van der Waals surface area contributed by atoms with Crippen LogP contribution in [0.4, 0.5) is 11.4 Å². The Morgan fingerprint density at radius 3 is 2.70 bits per heavy atom. The van der Waals surface area contributed by atoms with Crippen LogP contribution in [0, 0.1) is 10.1 Å². The molecule has 3 rings (SSSR count). The van der Waals surface area contributed by atoms with Gasteiger partial charge in [0.2, 0.25) is 5.91 Å². The van der Waals surface area contributed by atoms with Gasteiger partial charge in [-0.05, 0) is 18.2 Å². The van der Waals surface area contributed by atoms with Crippen molar-refractivity contribution in [2.45, 2.75) is 16.6 Å². The number of carbonyl (C=O) groups excluding carboxylic acids is 4. The first-order chi connectivity index (χ1) is 14.3. The maximum Gasteiger partial charge on any atom is 0.307 e. The highest BCUT2D eigenvalue weighted by molar-refractivity contribution is 8.01. The Hall–Kier alpha value is -3.73. The fraction of sp³-hybridized carbons (Fsp3) is 0.158. The van der Waals surface area contributed by atoms with E-state index in [0.29, 0.717) is 5.69 Å². The van der Waals surface area contributed by atoms with Crippen molar-refractivity contribution in [2.24, 2.45) is 0 Å². The number of ether oxygens (including phenoxy) is 1. The summed E-state index contributed by atoms with van der Waals surface area (Å²) in [7, 11) is 0. The normalized spacial score (nSPS) is 14.8. The number of hydrogen-bond acceptors (Lipinski definition) is 8. The molecule has 1 atom stereocenters. The lowest BCUT2D eigenvalue weighted by Crippen LogP contribution is -2.35. The zero-order valence-electron chi connectivity index (χ0n) is 15.3. The van der Waals surface area contributed by atoms with Gasteiger partial charge in [-0.3, -0.25) is 34.6 Å². The molecule has 11 heteroatoms. The Morgan fingerprint density at radius 2 is 1.93 bits per heavy atom. The molecule has 0 unspecified atom stereocenters. The smallest absolute Gasteiger partial charge is 0.307 e. The molecule has 1 aliphatic rings. The second kappa shape index (κ2) is 9.18. The predicted molar refractivity (Wildman–Crippen MR) is 106 cm³/mol. The van der Waals surface area contributed by atoms with Gasteiger partial charge in [-0.25, -0.2) is 0 Å². The van der Waals surface area contributed by atoms with Crippen LogP contribution < -0.4 is 10.6 Å². The standard InChI is InChI=1S/C19H15N3O7S/c23-16(21-18(25)11-4-3-5-12(8-11)22(27)28)10-29-17(24)9-15-19(26)20-13-6-1-2-7-14(13)30-15/h1-8,15H,9-10H2,(H,20,26)(H,21,23,25)/t15-/m0/s1. The monoisotopic (exact) mass is 429 g/mol. The fourth-order valence-electron chi connectivity index (χ4n) is 2.58. The van der Waals surface area contributed by atoms with Gasteiger partial charge >= 0.3 is 5.97 Å². The first kappa shape index (κ1) is 21.0. The molecule has 154 valence electrons. The van der Waals surface area contributed by atoms with E-state index in [-0.39, 0.29) is 23.6 Å². The first-order valence-electron chi connectivity index (χ1n) is 8.64. The minimum Gasteiger partial charge on any atom is -0.456 e. The number of amides is 3. The fourth-order valence-corrected chi connectivity index (χ4v) is 3.67. The molecule has 0 aromatic heterocycles. The molecular formula is C19H15N3O7S. The summed E-state index contributed by atoms with van der Waals surface area (Å²) < 4.78 is 4.84. The summed E-state index contributed by atoms with van der Waals surface area (Å²) in [5.41, 5.74) is 0.278. The van der Waals surface area contributed by atoms with E-state index >= 15 is 0 Å². The number of nitrogens with zero attached hydrogens (tertiary/aromatic N) is 1. The van der Waals surface area contributed by atoms with Gasteiger partial charge in [0, 0.05) is 22.6 Å². The number of nitrogens with one attached hydrogen (secondary N) is 2. The molecule has 1 aliphatic heterocycles. The van der Waals surface area contributed by atoms with Crippen LogP contribution in [0.3, 0.4) is 0 Å². The highest BCUT2D eigenvalue weighted by Crippen LogP contribution is 2.36. The number of imide groups is 1. The lowest BCUT2D eigenvalue weighted by Gasteiger charge is -2.23. The van der Waals surface area contributed by atoms with Gasteiger partial charge < -0.3 is 10.1 Å². The number of rotatable bonds is 6. The summed E-state index contributed by atoms with van der Waals surface area (Å²) in [4.78, 5) is 58.8. The van der Waals surface area contributed by atoms with Crippen molar-refractivity contribution in [1.82, 2.24) is 5.32 Å². The number of nitro groups is 1. The Kier molecular flexibility index (Phi) is 6.42. The average molecular weight is 429 g/mol. The molecule has 0 aliphatic carbocycles. The average Bonchev–Trinajstić information content (AvgIpc) is 2.73. The molecule has 0 fully saturated rings. The van der Waals surface area contributed by atoms with Crippen molar-refractivity contribution < 1.29 is 28.8 Å². The van der Waals surface area contributed by atoms with E-state index in [1.807, 2.05) is 11.4 Å². The maximum atomic E-state index is 12.1. The van der Waals surface area contributed by atoms with E-state index < -0.39 is 34.6 Å². The van der Waals surface area contributed by atoms with E-state index in [0.717, 1.165) is 11.0 Å². The molecule has 2 aromatic carbocycles. The Bertz CT molecular complexity index is 1040. The molecule has 0 saturated carbocycles. The summed E-state index contributed by atoms with van der Waals surface area (Å²) in [5, 5.41) is 14.7. The lowest BCUT2D eigenvalue weighted by molar-refractivity contribution is -0.384. The van der Waals surface area contributed by atoms with Crippen LogP contribution in [0.1, 0.15) is 16.8 Å². The molecule has 0 saturated heterocycles. The summed E-state index contributed by atoms with van der Waals surface area (Å²) in [5.74, 6) is -2.88. The van der Waals surface area contributed by atoms with Crippen molar-refractivity contribution >= 4 is 46.8 Å². The van der Waals surface area contributed by atoms with E-state index in [9.17, 15) is 29.3 Å². The zero-order valence-corrected chi connectivity index (χ0v) is 16.1. The highest BCUT2D eigenvalue weighted by atomic mass is 32.2. The number of para-hydroxylation sites is 1. The van der Waals surface area contributed by atoms with Crippen LogP contribution in [0.2, 0.25) is 0 Å². The Morgan fingerprint density at radius 1 is 1.17 bits per heavy atom. The number of fused-ring (bicyclic) bond motifs is 1. The SMILES string of the molecule is O=C(COC(=O)C[C@@H]1Sc2ccccc2NC1=O)NC(=O)c1cccc([N+](=O)[O-])c1. The number of hydrogen-bond donors (Lipinski definition) is 2. The summed E-state index contributed by atoms with van der Waals surface area (Å²) in [6.45, 7) is -0.727. The second-order valence-electron chi connectivity index (χ2n) is 6.14. The quantitative estimate of drug-likeness (QED) is 0.402. The number of carbonyl (C=O) groups is 4. The maximum absolute atomic E-state index is 12.1. The minimum atomic E-state index is -0.897. The van der Waals surface area contributed by atoms with Gasteiger partial charge in [-0.15, -0.1) is 11.8 Å². The zero-order chi connectivity index (χ0) is 21.7. The van der Waals surface area contributed by atoms with Crippen LogP contribution in [-0.4, -0.2) is 40.5 Å². The van der Waals surface area contributed by atoms with Crippen LogP contribution in [0.5, 0.6) is 0 Å². The number of nitro benzene ring substituents is 1. The van der Waals surface area contributed by atoms with Crippen LogP contribution in [0.15, 0.2) is 53.4 Å². The molecule has 0 spiro atoms. The van der Waals surface area contributed by atoms with E-state index in [2.05, 4.69) is 5.32 Å². The number of non-ortho nitro benzene ring substituents is 1. The molecule has 30 heavy (non-hydrogen) atoms. The van der Waals surface area contributed by atoms with E-state index in [1.54, 1.807) is 18.2 Å². The van der Waals surface area contributed by atoms with Gasteiger partial charge in [-0.1, -0.05) is 18.2 Å². The molecule has 3 amide bonds. The van der Waals surface area contributed by atoms with Crippen molar-refractivity contribution in [3.8, 4) is 0 Å². The van der Waals surface area contributed by atoms with Gasteiger partial charge in [0.1, 0.15) is 0 Å². The van der Waals surface area contributed by atoms with Gasteiger partial charge in [-0.2, -0.15) is 0 Å². The molecule has 2 N–H and O–H groups in total. The lowest BCUT2D eigenvalue weighted by atomic mass is 10.2. The third kappa shape index (κ3) is 5.20. The van der Waals surface area contributed by atoms with Gasteiger partial charge in [0.15, 0.2) is 6.61 Å². The van der Waals surface area contributed by atoms with Crippen molar-refractivity contribution in [3.63, 3.8) is 0 Å². The predicted octanol–water partition coefficient (Wildman–Crippen LogP) is 1.90. The molecule has 2 aromatic rings. The van der Waals surface area contributed by atoms with Crippen molar-refractivity contribution in [1.29, 1.82) is 0 Å². The third-order valence-electron chi connectivity index (χ3n) is 4.00. The van der Waals surface area contributed by atoms with Gasteiger partial charge in [0.25, 0.3) is 17.5 Å². The Labute approximate surface area is 174 Å². The molecular weight excluding hydrogens is 414 g/mol. The van der Waals surface area contributed by atoms with Crippen LogP contribution in [0.25, 0.3) is 0 Å². The Balaban J connectivity index is 1.48. The van der Waals surface area contributed by atoms with Crippen LogP contribution >= 0.6 is 11.8 Å². The number of thioether (sulfide) groups is 1. The van der Waals surface area contributed by atoms with Crippen molar-refractivity contribution in [2.75, 3.05) is 11.9 Å². The topological polar surface area (TPSA) is 145 Å². The highest BCUT2D eigenvalue weighted by Gasteiger charge is 2.29. The summed E-state index contributed by atoms with van der Waals surface area (Å²) in [6.07, 6.45) is -0.253. The minimum absolute atomic E-state index is 0.0854. The van der Waals surface area contributed by atoms with Crippen LogP contribution in [-0.2, 0) is 19.1 Å². The van der Waals surface area contributed by atoms with Crippen molar-refractivity contribution in [3.05, 3.63) is 64.2 Å². The van der Waals surface area contributed by atoms with E-state index in [1.165, 1.54) is 30.0 Å². The first-order valence-corrected chi connectivity index (χ1v) is 9.52. The molecule has 10 nitrogen and oxygen atoms in total. The second-order valence-corrected chi connectivity index (χ2v) is 7.39. The van der Waals surface area contributed by atoms with Gasteiger partial charge in [0.05, 0.1) is 22.3 Å². The number of anilines is 1. The largest absolute Gasteiger partial charge is 0.456 e. The molecule has 0 bridgehead atoms. The number of esters is 1. The van der Waals surface area contributed by atoms with E-state index in [4.69, 9.17) is 4.74 Å². The summed E-state index contributed by atoms with van der Waals surface area (Å²) >= 11 is 1.22. The third-order valence-corrected chi connectivity index (χ3v) is 5.27. The summed E-state index contributed by atoms with van der Waals surface area (Å²) in [6, 6.07) is 12.0. The number of benzene rings is 2. The molecule has 1 heterocycles. The molecule has 0 radical (unpaired) electrons.